The Morgan fingerprint density at radius 3 is 2.57 bits per heavy atom. The summed E-state index contributed by atoms with van der Waals surface area (Å²) in [6.45, 7) is 0.815. The zero-order chi connectivity index (χ0) is 16.4. The van der Waals surface area contributed by atoms with Gasteiger partial charge in [-0.15, -0.1) is 0 Å². The maximum absolute atomic E-state index is 12.4. The Morgan fingerprint density at radius 2 is 1.91 bits per heavy atom. The third kappa shape index (κ3) is 2.87. The molecule has 5 heteroatoms. The monoisotopic (exact) mass is 315 g/mol. The van der Waals surface area contributed by atoms with Crippen LogP contribution in [0.15, 0.2) is 30.3 Å². The summed E-state index contributed by atoms with van der Waals surface area (Å²) in [4.78, 5) is 37.7. The van der Waals surface area contributed by atoms with Crippen molar-refractivity contribution in [3.8, 4) is 0 Å². The van der Waals surface area contributed by atoms with Crippen molar-refractivity contribution in [2.45, 2.75) is 32.1 Å². The maximum atomic E-state index is 12.4. The number of likely N-dealkylation sites (tertiary alicyclic amines) is 1. The van der Waals surface area contributed by atoms with Crippen molar-refractivity contribution in [3.05, 3.63) is 35.9 Å². The van der Waals surface area contributed by atoms with Crippen molar-refractivity contribution >= 4 is 17.7 Å². The van der Waals surface area contributed by atoms with Gasteiger partial charge in [-0.2, -0.15) is 0 Å². The molecular formula is C18H21NO4. The van der Waals surface area contributed by atoms with Crippen molar-refractivity contribution in [2.75, 3.05) is 13.1 Å². The Hall–Kier alpha value is -2.17. The number of hydrogen-bond acceptors (Lipinski definition) is 3. The van der Waals surface area contributed by atoms with Crippen LogP contribution in [-0.2, 0) is 9.59 Å². The minimum absolute atomic E-state index is 0.0497. The molecule has 0 spiro atoms. The largest absolute Gasteiger partial charge is 0.481 e. The Labute approximate surface area is 135 Å². The summed E-state index contributed by atoms with van der Waals surface area (Å²) in [5.41, 5.74) is -0.139. The van der Waals surface area contributed by atoms with Gasteiger partial charge in [-0.25, -0.2) is 0 Å². The first-order valence-electron chi connectivity index (χ1n) is 8.12. The number of benzene rings is 1. The van der Waals surface area contributed by atoms with Crippen molar-refractivity contribution in [2.24, 2.45) is 11.3 Å². The molecular weight excluding hydrogens is 294 g/mol. The number of ketones is 1. The van der Waals surface area contributed by atoms with E-state index in [2.05, 4.69) is 0 Å². The van der Waals surface area contributed by atoms with Crippen molar-refractivity contribution in [1.82, 2.24) is 4.90 Å². The molecule has 1 aliphatic heterocycles. The van der Waals surface area contributed by atoms with E-state index in [0.717, 1.165) is 12.8 Å². The van der Waals surface area contributed by atoms with Crippen LogP contribution in [0.5, 0.6) is 0 Å². The second-order valence-electron chi connectivity index (χ2n) is 6.61. The molecule has 122 valence electrons. The Morgan fingerprint density at radius 1 is 1.17 bits per heavy atom. The van der Waals surface area contributed by atoms with E-state index in [4.69, 9.17) is 0 Å². The Balaban J connectivity index is 1.58. The lowest BCUT2D eigenvalue weighted by atomic mass is 9.81. The fourth-order valence-corrected chi connectivity index (χ4v) is 3.98. The van der Waals surface area contributed by atoms with Gasteiger partial charge in [0.25, 0.3) is 0 Å². The molecule has 0 aromatic heterocycles. The lowest BCUT2D eigenvalue weighted by molar-refractivity contribution is -0.149. The first-order chi connectivity index (χ1) is 11.0. The van der Waals surface area contributed by atoms with Gasteiger partial charge in [0.05, 0.1) is 5.41 Å². The molecule has 5 nitrogen and oxygen atoms in total. The number of amides is 1. The zero-order valence-electron chi connectivity index (χ0n) is 13.0. The minimum atomic E-state index is -0.782. The number of hydrogen-bond donors (Lipinski definition) is 1. The van der Waals surface area contributed by atoms with Crippen molar-refractivity contribution in [3.63, 3.8) is 0 Å². The van der Waals surface area contributed by atoms with Gasteiger partial charge in [-0.1, -0.05) is 36.8 Å². The van der Waals surface area contributed by atoms with Crippen molar-refractivity contribution < 1.29 is 19.5 Å². The summed E-state index contributed by atoms with van der Waals surface area (Å²) in [5.74, 6) is -0.875. The summed E-state index contributed by atoms with van der Waals surface area (Å²) >= 11 is 0. The number of aliphatic carboxylic acids is 1. The second kappa shape index (κ2) is 6.14. The zero-order valence-corrected chi connectivity index (χ0v) is 13.0. The Bertz CT molecular complexity index is 627. The molecule has 23 heavy (non-hydrogen) atoms. The third-order valence-electron chi connectivity index (χ3n) is 5.31. The fourth-order valence-electron chi connectivity index (χ4n) is 3.98. The fraction of sp³-hybridized carbons (Fsp3) is 0.500. The summed E-state index contributed by atoms with van der Waals surface area (Å²) in [6, 6.07) is 8.93. The van der Waals surface area contributed by atoms with E-state index in [1.807, 2.05) is 6.07 Å². The van der Waals surface area contributed by atoms with Crippen LogP contribution in [0.3, 0.4) is 0 Å². The highest BCUT2D eigenvalue weighted by molar-refractivity contribution is 5.98. The van der Waals surface area contributed by atoms with Gasteiger partial charge in [0.1, 0.15) is 0 Å². The van der Waals surface area contributed by atoms with Crippen LogP contribution in [0, 0.1) is 11.3 Å². The summed E-state index contributed by atoms with van der Waals surface area (Å²) < 4.78 is 0. The molecule has 2 fully saturated rings. The predicted octanol–water partition coefficient (Wildman–Crippen LogP) is 2.36. The summed E-state index contributed by atoms with van der Waals surface area (Å²) in [5, 5.41) is 9.55. The number of rotatable bonds is 5. The quantitative estimate of drug-likeness (QED) is 0.847. The van der Waals surface area contributed by atoms with E-state index in [1.54, 1.807) is 29.2 Å². The van der Waals surface area contributed by atoms with E-state index >= 15 is 0 Å². The molecule has 2 aliphatic rings. The standard InChI is InChI=1S/C18H21NO4/c20-15(13-5-2-1-3-6-13)8-9-16(21)19-11-14-7-4-10-18(14,12-19)17(22)23/h1-3,5-6,14H,4,7-12H2,(H,22,23)/t14-,18+/m0/s1. The van der Waals surface area contributed by atoms with E-state index in [9.17, 15) is 19.5 Å². The van der Waals surface area contributed by atoms with Crippen LogP contribution in [-0.4, -0.2) is 40.8 Å². The number of carboxylic acids is 1. The van der Waals surface area contributed by atoms with E-state index < -0.39 is 11.4 Å². The van der Waals surface area contributed by atoms with Gasteiger partial charge < -0.3 is 10.0 Å². The second-order valence-corrected chi connectivity index (χ2v) is 6.61. The molecule has 1 heterocycles. The average molecular weight is 315 g/mol. The highest BCUT2D eigenvalue weighted by atomic mass is 16.4. The molecule has 1 aliphatic carbocycles. The van der Waals surface area contributed by atoms with Crippen LogP contribution in [0.4, 0.5) is 0 Å². The number of fused-ring (bicyclic) bond motifs is 1. The highest BCUT2D eigenvalue weighted by Gasteiger charge is 2.55. The normalized spacial score (nSPS) is 26.1. The molecule has 1 aromatic carbocycles. The number of carbonyl (C=O) groups excluding carboxylic acids is 2. The van der Waals surface area contributed by atoms with Crippen molar-refractivity contribution in [1.29, 1.82) is 0 Å². The van der Waals surface area contributed by atoms with Gasteiger partial charge in [-0.05, 0) is 18.8 Å². The SMILES string of the molecule is O=C(CCC(=O)N1C[C@@H]2CCC[C@@]2(C(=O)O)C1)c1ccccc1. The van der Waals surface area contributed by atoms with E-state index in [1.165, 1.54) is 0 Å². The van der Waals surface area contributed by atoms with Gasteiger partial charge >= 0.3 is 5.97 Å². The summed E-state index contributed by atoms with van der Waals surface area (Å²) in [7, 11) is 0. The van der Waals surface area contributed by atoms with E-state index in [-0.39, 0.29) is 30.4 Å². The van der Waals surface area contributed by atoms with Crippen LogP contribution >= 0.6 is 0 Å². The molecule has 0 bridgehead atoms. The van der Waals surface area contributed by atoms with Gasteiger partial charge in [0.2, 0.25) is 5.91 Å². The van der Waals surface area contributed by atoms with Crippen LogP contribution < -0.4 is 0 Å². The van der Waals surface area contributed by atoms with Crippen LogP contribution in [0.2, 0.25) is 0 Å². The Kier molecular flexibility index (Phi) is 4.20. The molecule has 1 aromatic rings. The van der Waals surface area contributed by atoms with Crippen LogP contribution in [0.25, 0.3) is 0 Å². The van der Waals surface area contributed by atoms with Crippen LogP contribution in [0.1, 0.15) is 42.5 Å². The van der Waals surface area contributed by atoms with Gasteiger partial charge in [0, 0.05) is 31.5 Å². The number of carboxylic acid groups (broad SMARTS) is 1. The molecule has 1 amide bonds. The topological polar surface area (TPSA) is 74.7 Å². The number of carbonyl (C=O) groups is 3. The first-order valence-corrected chi connectivity index (χ1v) is 8.12. The molecule has 0 unspecified atom stereocenters. The molecule has 1 N–H and O–H groups in total. The average Bonchev–Trinajstić information content (AvgIpc) is 3.11. The maximum Gasteiger partial charge on any atom is 0.311 e. The third-order valence-corrected chi connectivity index (χ3v) is 5.31. The predicted molar refractivity (Wildman–Crippen MR) is 84.0 cm³/mol. The van der Waals surface area contributed by atoms with Gasteiger partial charge in [0.15, 0.2) is 5.78 Å². The minimum Gasteiger partial charge on any atom is -0.481 e. The van der Waals surface area contributed by atoms with E-state index in [0.29, 0.717) is 25.1 Å². The highest BCUT2D eigenvalue weighted by Crippen LogP contribution is 2.48. The first kappa shape index (κ1) is 15.7. The smallest absolute Gasteiger partial charge is 0.311 e. The molecule has 0 radical (unpaired) electrons. The molecule has 1 saturated heterocycles. The molecule has 1 saturated carbocycles. The molecule has 3 rings (SSSR count). The van der Waals surface area contributed by atoms with Gasteiger partial charge in [-0.3, -0.25) is 14.4 Å². The number of Topliss-reactive ketones (excluding diaryl/α,β-unsaturated/α-hetero) is 1. The lowest BCUT2D eigenvalue weighted by Gasteiger charge is -2.23. The number of nitrogens with zero attached hydrogens (tertiary/aromatic N) is 1. The molecule has 2 atom stereocenters. The lowest BCUT2D eigenvalue weighted by Crippen LogP contribution is -2.37. The summed E-state index contributed by atoms with van der Waals surface area (Å²) in [6.07, 6.45) is 2.77.